The molecule has 1 aromatic carbocycles. The van der Waals surface area contributed by atoms with Crippen LogP contribution in [-0.4, -0.2) is 11.7 Å². The maximum absolute atomic E-state index is 12.5. The highest BCUT2D eigenvalue weighted by molar-refractivity contribution is 6.12. The van der Waals surface area contributed by atoms with Crippen molar-refractivity contribution in [2.45, 2.75) is 33.2 Å². The van der Waals surface area contributed by atoms with E-state index in [9.17, 15) is 14.9 Å². The highest BCUT2D eigenvalue weighted by Crippen LogP contribution is 2.24. The van der Waals surface area contributed by atoms with Gasteiger partial charge in [0.15, 0.2) is 11.7 Å². The van der Waals surface area contributed by atoms with E-state index >= 15 is 0 Å². The van der Waals surface area contributed by atoms with E-state index in [0.29, 0.717) is 17.1 Å². The van der Waals surface area contributed by atoms with Crippen LogP contribution in [0.5, 0.6) is 0 Å². The highest BCUT2D eigenvalue weighted by Gasteiger charge is 2.30. The van der Waals surface area contributed by atoms with Crippen LogP contribution in [0.15, 0.2) is 40.8 Å². The number of nitrogens with one attached hydrogen (secondary N) is 1. The lowest BCUT2D eigenvalue weighted by molar-refractivity contribution is -0.122. The molecule has 124 valence electrons. The summed E-state index contributed by atoms with van der Waals surface area (Å²) in [6.45, 7) is 5.82. The van der Waals surface area contributed by atoms with Gasteiger partial charge in [0, 0.05) is 12.5 Å². The molecule has 1 aromatic heterocycles. The number of aryl methyl sites for hydroxylation is 1. The van der Waals surface area contributed by atoms with E-state index in [1.54, 1.807) is 19.1 Å². The van der Waals surface area contributed by atoms with Gasteiger partial charge in [0.1, 0.15) is 11.5 Å². The maximum Gasteiger partial charge on any atom is 0.245 e. The summed E-state index contributed by atoms with van der Waals surface area (Å²) in [5.74, 6) is -1.30. The Balaban J connectivity index is 2.11. The van der Waals surface area contributed by atoms with Crippen molar-refractivity contribution in [3.05, 3.63) is 59.0 Å². The molecule has 5 nitrogen and oxygen atoms in total. The smallest absolute Gasteiger partial charge is 0.245 e. The van der Waals surface area contributed by atoms with Gasteiger partial charge in [0.2, 0.25) is 5.91 Å². The minimum atomic E-state index is -1.38. The largest absolute Gasteiger partial charge is 0.465 e. The van der Waals surface area contributed by atoms with Gasteiger partial charge in [-0.15, -0.1) is 0 Å². The summed E-state index contributed by atoms with van der Waals surface area (Å²) in [6, 6.07) is 12.7. The monoisotopic (exact) mass is 324 g/mol. The summed E-state index contributed by atoms with van der Waals surface area (Å²) in [4.78, 5) is 24.8. The fraction of sp³-hybridized carbons (Fsp3) is 0.316. The second-order valence-electron chi connectivity index (χ2n) is 5.90. The number of nitriles is 1. The Bertz CT molecular complexity index is 770. The number of hydrogen-bond acceptors (Lipinski definition) is 4. The number of amides is 1. The zero-order valence-corrected chi connectivity index (χ0v) is 14.0. The molecule has 1 amide bonds. The summed E-state index contributed by atoms with van der Waals surface area (Å²) in [5, 5.41) is 11.9. The third-order valence-corrected chi connectivity index (χ3v) is 3.73. The molecule has 0 unspecified atom stereocenters. The van der Waals surface area contributed by atoms with Crippen molar-refractivity contribution in [3.63, 3.8) is 0 Å². The molecule has 2 rings (SSSR count). The van der Waals surface area contributed by atoms with Crippen LogP contribution in [0, 0.1) is 24.2 Å². The Hall–Kier alpha value is -2.87. The van der Waals surface area contributed by atoms with Crippen molar-refractivity contribution in [1.29, 1.82) is 5.26 Å². The van der Waals surface area contributed by atoms with Crippen molar-refractivity contribution in [2.75, 3.05) is 0 Å². The molecule has 0 aliphatic carbocycles. The fourth-order valence-electron chi connectivity index (χ4n) is 2.31. The molecule has 1 N–H and O–H groups in total. The first-order chi connectivity index (χ1) is 11.4. The Morgan fingerprint density at radius 3 is 2.46 bits per heavy atom. The Kier molecular flexibility index (Phi) is 5.54. The Labute approximate surface area is 141 Å². The molecule has 0 aliphatic heterocycles. The van der Waals surface area contributed by atoms with E-state index in [4.69, 9.17) is 4.42 Å². The van der Waals surface area contributed by atoms with Gasteiger partial charge in [-0.1, -0.05) is 44.2 Å². The molecule has 1 atom stereocenters. The van der Waals surface area contributed by atoms with E-state index < -0.39 is 17.6 Å². The molecule has 2 aromatic rings. The van der Waals surface area contributed by atoms with E-state index in [1.165, 1.54) is 0 Å². The molecule has 0 fully saturated rings. The van der Waals surface area contributed by atoms with Crippen LogP contribution in [0.2, 0.25) is 0 Å². The van der Waals surface area contributed by atoms with Crippen molar-refractivity contribution in [2.24, 2.45) is 5.92 Å². The normalized spacial score (nSPS) is 11.8. The van der Waals surface area contributed by atoms with Gasteiger partial charge in [-0.05, 0) is 18.6 Å². The molecule has 0 spiro atoms. The van der Waals surface area contributed by atoms with E-state index in [0.717, 1.165) is 5.56 Å². The molecule has 0 saturated carbocycles. The van der Waals surface area contributed by atoms with Gasteiger partial charge in [-0.2, -0.15) is 5.26 Å². The van der Waals surface area contributed by atoms with Crippen LogP contribution in [0.3, 0.4) is 0 Å². The number of furan rings is 1. The third kappa shape index (κ3) is 3.90. The fourth-order valence-corrected chi connectivity index (χ4v) is 2.31. The third-order valence-electron chi connectivity index (χ3n) is 3.73. The van der Waals surface area contributed by atoms with Gasteiger partial charge in [0.05, 0.1) is 11.6 Å². The average molecular weight is 324 g/mol. The molecular formula is C19H20N2O3. The van der Waals surface area contributed by atoms with Crippen molar-refractivity contribution in [1.82, 2.24) is 5.32 Å². The standard InChI is InChI=1S/C19H20N2O3/c1-12(2)17-9-15(13(3)24-17)18(22)16(10-20)19(23)21-11-14-7-5-4-6-8-14/h4-9,12,16H,11H2,1-3H3,(H,21,23)/t16-/m1/s1. The molecule has 24 heavy (non-hydrogen) atoms. The lowest BCUT2D eigenvalue weighted by Crippen LogP contribution is -2.34. The van der Waals surface area contributed by atoms with Gasteiger partial charge in [0.25, 0.3) is 0 Å². The number of ketones is 1. The van der Waals surface area contributed by atoms with E-state index in [1.807, 2.05) is 44.2 Å². The summed E-state index contributed by atoms with van der Waals surface area (Å²) in [6.07, 6.45) is 0. The van der Waals surface area contributed by atoms with Crippen LogP contribution in [-0.2, 0) is 11.3 Å². The van der Waals surface area contributed by atoms with E-state index in [-0.39, 0.29) is 12.5 Å². The van der Waals surface area contributed by atoms with Crippen molar-refractivity contribution < 1.29 is 14.0 Å². The Morgan fingerprint density at radius 1 is 1.25 bits per heavy atom. The minimum absolute atomic E-state index is 0.123. The first kappa shape index (κ1) is 17.5. The lowest BCUT2D eigenvalue weighted by atomic mass is 9.97. The van der Waals surface area contributed by atoms with Crippen LogP contribution < -0.4 is 5.32 Å². The maximum atomic E-state index is 12.5. The number of Topliss-reactive ketones (excluding diaryl/α,β-unsaturated/α-hetero) is 1. The number of carbonyl (C=O) groups is 2. The number of nitrogens with zero attached hydrogens (tertiary/aromatic N) is 1. The molecular weight excluding hydrogens is 304 g/mol. The van der Waals surface area contributed by atoms with Crippen LogP contribution in [0.4, 0.5) is 0 Å². The van der Waals surface area contributed by atoms with Gasteiger partial charge in [-0.25, -0.2) is 0 Å². The first-order valence-electron chi connectivity index (χ1n) is 7.79. The topological polar surface area (TPSA) is 83.1 Å². The SMILES string of the molecule is Cc1oc(C(C)C)cc1C(=O)[C@@H](C#N)C(=O)NCc1ccccc1. The molecule has 5 heteroatoms. The number of hydrogen-bond donors (Lipinski definition) is 1. The summed E-state index contributed by atoms with van der Waals surface area (Å²) < 4.78 is 5.54. The molecule has 0 aliphatic rings. The summed E-state index contributed by atoms with van der Waals surface area (Å²) in [7, 11) is 0. The first-order valence-corrected chi connectivity index (χ1v) is 7.79. The van der Waals surface area contributed by atoms with Gasteiger partial charge >= 0.3 is 0 Å². The van der Waals surface area contributed by atoms with Crippen LogP contribution in [0.1, 0.15) is 47.2 Å². The highest BCUT2D eigenvalue weighted by atomic mass is 16.3. The Morgan fingerprint density at radius 2 is 1.92 bits per heavy atom. The zero-order valence-electron chi connectivity index (χ0n) is 14.0. The zero-order chi connectivity index (χ0) is 17.7. The van der Waals surface area contributed by atoms with Crippen molar-refractivity contribution in [3.8, 4) is 6.07 Å². The molecule has 0 bridgehead atoms. The van der Waals surface area contributed by atoms with Gasteiger partial charge in [-0.3, -0.25) is 9.59 Å². The minimum Gasteiger partial charge on any atom is -0.465 e. The average Bonchev–Trinajstić information content (AvgIpc) is 2.96. The molecule has 0 saturated heterocycles. The number of rotatable bonds is 6. The van der Waals surface area contributed by atoms with Crippen LogP contribution >= 0.6 is 0 Å². The van der Waals surface area contributed by atoms with E-state index in [2.05, 4.69) is 5.32 Å². The molecule has 1 heterocycles. The van der Waals surface area contributed by atoms with Gasteiger partial charge < -0.3 is 9.73 Å². The lowest BCUT2D eigenvalue weighted by Gasteiger charge is -2.09. The number of benzene rings is 1. The quantitative estimate of drug-likeness (QED) is 0.652. The second-order valence-corrected chi connectivity index (χ2v) is 5.90. The second kappa shape index (κ2) is 7.60. The number of carbonyl (C=O) groups excluding carboxylic acids is 2. The predicted octanol–water partition coefficient (Wildman–Crippen LogP) is 3.35. The van der Waals surface area contributed by atoms with Crippen LogP contribution in [0.25, 0.3) is 0 Å². The summed E-state index contributed by atoms with van der Waals surface area (Å²) >= 11 is 0. The molecule has 0 radical (unpaired) electrons. The predicted molar refractivity (Wildman–Crippen MR) is 89.3 cm³/mol. The van der Waals surface area contributed by atoms with Crippen molar-refractivity contribution >= 4 is 11.7 Å². The summed E-state index contributed by atoms with van der Waals surface area (Å²) in [5.41, 5.74) is 1.19.